The summed E-state index contributed by atoms with van der Waals surface area (Å²) in [4.78, 5) is 55.9. The quantitative estimate of drug-likeness (QED) is 0.542. The van der Waals surface area contributed by atoms with E-state index in [1.807, 2.05) is 0 Å². The Hall–Kier alpha value is -3.13. The largest absolute Gasteiger partial charge is 0.325 e. The lowest BCUT2D eigenvalue weighted by molar-refractivity contribution is 0.858. The van der Waals surface area contributed by atoms with Crippen molar-refractivity contribution in [2.75, 3.05) is 0 Å². The standard InChI is InChI=1S/C15H11ClN4O4/c16-8-3-1-2-7(4-8)11(9-5-17-14(23)19-12(9)21)10-6-18-15(24)20-13(10)22/h1-6,11H,(H2,17,19,21,23)(H2,18,20,22,24). The third kappa shape index (κ3) is 2.99. The summed E-state index contributed by atoms with van der Waals surface area (Å²) in [6, 6.07) is 6.60. The third-order valence-corrected chi connectivity index (χ3v) is 3.74. The molecule has 9 heteroatoms. The summed E-state index contributed by atoms with van der Waals surface area (Å²) in [5.74, 6) is -0.829. The van der Waals surface area contributed by atoms with E-state index in [4.69, 9.17) is 11.6 Å². The van der Waals surface area contributed by atoms with Gasteiger partial charge in [-0.2, -0.15) is 0 Å². The lowest BCUT2D eigenvalue weighted by Crippen LogP contribution is -2.31. The molecule has 0 aliphatic heterocycles. The van der Waals surface area contributed by atoms with Crippen LogP contribution in [0.1, 0.15) is 22.6 Å². The van der Waals surface area contributed by atoms with E-state index < -0.39 is 28.4 Å². The van der Waals surface area contributed by atoms with Crippen molar-refractivity contribution in [2.24, 2.45) is 0 Å². The molecule has 1 aromatic carbocycles. The van der Waals surface area contributed by atoms with Gasteiger partial charge in [0.25, 0.3) is 11.1 Å². The summed E-state index contributed by atoms with van der Waals surface area (Å²) >= 11 is 6.01. The summed E-state index contributed by atoms with van der Waals surface area (Å²) in [5.41, 5.74) is -1.79. The average Bonchev–Trinajstić information content (AvgIpc) is 2.51. The van der Waals surface area contributed by atoms with Gasteiger partial charge < -0.3 is 9.97 Å². The molecule has 2 heterocycles. The SMILES string of the molecule is O=c1[nH]cc(C(c2cccc(Cl)c2)c2c[nH]c(=O)[nH]c2=O)c(=O)[nH]1. The summed E-state index contributed by atoms with van der Waals surface area (Å²) < 4.78 is 0. The van der Waals surface area contributed by atoms with Gasteiger partial charge in [0, 0.05) is 34.5 Å². The molecule has 0 aliphatic carbocycles. The van der Waals surface area contributed by atoms with Crippen molar-refractivity contribution in [1.29, 1.82) is 0 Å². The molecule has 0 aliphatic rings. The van der Waals surface area contributed by atoms with Crippen LogP contribution in [0.5, 0.6) is 0 Å². The van der Waals surface area contributed by atoms with E-state index >= 15 is 0 Å². The van der Waals surface area contributed by atoms with Gasteiger partial charge in [-0.3, -0.25) is 19.6 Å². The predicted octanol–water partition coefficient (Wildman–Crippen LogP) is 0.273. The van der Waals surface area contributed by atoms with E-state index in [9.17, 15) is 19.2 Å². The minimum absolute atomic E-state index is 0.134. The lowest BCUT2D eigenvalue weighted by Gasteiger charge is -2.16. The molecule has 8 nitrogen and oxygen atoms in total. The summed E-state index contributed by atoms with van der Waals surface area (Å²) in [5, 5.41) is 0.416. The van der Waals surface area contributed by atoms with Crippen molar-refractivity contribution in [3.8, 4) is 0 Å². The zero-order chi connectivity index (χ0) is 17.3. The highest BCUT2D eigenvalue weighted by molar-refractivity contribution is 6.30. The fraction of sp³-hybridized carbons (Fsp3) is 0.0667. The van der Waals surface area contributed by atoms with Gasteiger partial charge in [-0.25, -0.2) is 9.59 Å². The highest BCUT2D eigenvalue weighted by Crippen LogP contribution is 2.28. The third-order valence-electron chi connectivity index (χ3n) is 3.50. The minimum Gasteiger partial charge on any atom is -0.314 e. The Kier molecular flexibility index (Phi) is 4.05. The maximum absolute atomic E-state index is 12.2. The summed E-state index contributed by atoms with van der Waals surface area (Å²) in [7, 11) is 0. The van der Waals surface area contributed by atoms with Gasteiger partial charge in [0.1, 0.15) is 0 Å². The molecule has 0 saturated heterocycles. The average molecular weight is 347 g/mol. The molecule has 0 fully saturated rings. The maximum Gasteiger partial charge on any atom is 0.325 e. The lowest BCUT2D eigenvalue weighted by atomic mass is 9.88. The Morgan fingerprint density at radius 2 is 1.38 bits per heavy atom. The molecule has 0 unspecified atom stereocenters. The zero-order valence-corrected chi connectivity index (χ0v) is 12.8. The number of aromatic amines is 4. The minimum atomic E-state index is -0.829. The first-order valence-electron chi connectivity index (χ1n) is 6.85. The fourth-order valence-electron chi connectivity index (χ4n) is 2.48. The second kappa shape index (κ2) is 6.17. The number of hydrogen-bond donors (Lipinski definition) is 4. The molecule has 0 bridgehead atoms. The van der Waals surface area contributed by atoms with Crippen molar-refractivity contribution in [1.82, 2.24) is 19.9 Å². The van der Waals surface area contributed by atoms with Crippen molar-refractivity contribution >= 4 is 11.6 Å². The van der Waals surface area contributed by atoms with E-state index in [0.29, 0.717) is 10.6 Å². The Bertz CT molecular complexity index is 1060. The van der Waals surface area contributed by atoms with Crippen LogP contribution in [-0.4, -0.2) is 19.9 Å². The molecule has 0 radical (unpaired) electrons. The van der Waals surface area contributed by atoms with E-state index in [1.54, 1.807) is 24.3 Å². The molecule has 24 heavy (non-hydrogen) atoms. The number of aromatic nitrogens is 4. The molecule has 4 N–H and O–H groups in total. The van der Waals surface area contributed by atoms with Crippen molar-refractivity contribution in [2.45, 2.75) is 5.92 Å². The maximum atomic E-state index is 12.2. The predicted molar refractivity (Wildman–Crippen MR) is 87.8 cm³/mol. The normalized spacial score (nSPS) is 10.9. The highest BCUT2D eigenvalue weighted by atomic mass is 35.5. The van der Waals surface area contributed by atoms with Crippen LogP contribution in [0.25, 0.3) is 0 Å². The van der Waals surface area contributed by atoms with E-state index in [2.05, 4.69) is 19.9 Å². The number of rotatable bonds is 3. The summed E-state index contributed by atoms with van der Waals surface area (Å²) in [6.07, 6.45) is 2.47. The Morgan fingerprint density at radius 3 is 1.83 bits per heavy atom. The van der Waals surface area contributed by atoms with Crippen LogP contribution < -0.4 is 22.5 Å². The molecular formula is C15H11ClN4O4. The van der Waals surface area contributed by atoms with Gasteiger partial charge in [-0.15, -0.1) is 0 Å². The van der Waals surface area contributed by atoms with Crippen LogP contribution in [0.2, 0.25) is 5.02 Å². The second-order valence-electron chi connectivity index (χ2n) is 5.04. The van der Waals surface area contributed by atoms with E-state index in [-0.39, 0.29) is 11.1 Å². The highest BCUT2D eigenvalue weighted by Gasteiger charge is 2.23. The van der Waals surface area contributed by atoms with Crippen LogP contribution in [-0.2, 0) is 0 Å². The summed E-state index contributed by atoms with van der Waals surface area (Å²) in [6.45, 7) is 0. The van der Waals surface area contributed by atoms with Gasteiger partial charge in [-0.1, -0.05) is 23.7 Å². The van der Waals surface area contributed by atoms with Crippen molar-refractivity contribution < 1.29 is 0 Å². The first-order valence-corrected chi connectivity index (χ1v) is 7.23. The molecular weight excluding hydrogens is 336 g/mol. The molecule has 3 aromatic rings. The van der Waals surface area contributed by atoms with Gasteiger partial charge in [0.05, 0.1) is 0 Å². The topological polar surface area (TPSA) is 131 Å². The number of nitrogens with one attached hydrogen (secondary N) is 4. The van der Waals surface area contributed by atoms with Crippen LogP contribution >= 0.6 is 11.6 Å². The second-order valence-corrected chi connectivity index (χ2v) is 5.48. The van der Waals surface area contributed by atoms with Gasteiger partial charge in [-0.05, 0) is 17.7 Å². The van der Waals surface area contributed by atoms with Gasteiger partial charge in [0.15, 0.2) is 0 Å². The molecule has 0 saturated carbocycles. The van der Waals surface area contributed by atoms with Crippen LogP contribution in [0.3, 0.4) is 0 Å². The van der Waals surface area contributed by atoms with Crippen molar-refractivity contribution in [3.05, 3.63) is 100 Å². The van der Waals surface area contributed by atoms with Gasteiger partial charge >= 0.3 is 11.4 Å². The van der Waals surface area contributed by atoms with Crippen LogP contribution in [0, 0.1) is 0 Å². The molecule has 0 atom stereocenters. The fourth-order valence-corrected chi connectivity index (χ4v) is 2.68. The smallest absolute Gasteiger partial charge is 0.314 e. The molecule has 0 amide bonds. The first-order chi connectivity index (χ1) is 11.5. The zero-order valence-electron chi connectivity index (χ0n) is 12.1. The van der Waals surface area contributed by atoms with Gasteiger partial charge in [0.2, 0.25) is 0 Å². The van der Waals surface area contributed by atoms with E-state index in [1.165, 1.54) is 12.4 Å². The molecule has 3 rings (SSSR count). The Labute approximate surface area is 138 Å². The molecule has 122 valence electrons. The Balaban J connectivity index is 2.32. The first kappa shape index (κ1) is 15.8. The van der Waals surface area contributed by atoms with E-state index in [0.717, 1.165) is 0 Å². The van der Waals surface area contributed by atoms with Crippen molar-refractivity contribution in [3.63, 3.8) is 0 Å². The number of benzene rings is 1. The molecule has 2 aromatic heterocycles. The monoisotopic (exact) mass is 346 g/mol. The number of hydrogen-bond acceptors (Lipinski definition) is 4. The van der Waals surface area contributed by atoms with Crippen LogP contribution in [0.15, 0.2) is 55.8 Å². The number of H-pyrrole nitrogens is 4. The van der Waals surface area contributed by atoms with Crippen LogP contribution in [0.4, 0.5) is 0 Å². The Morgan fingerprint density at radius 1 is 0.833 bits per heavy atom. The molecule has 0 spiro atoms. The number of halogens is 1.